The highest BCUT2D eigenvalue weighted by Gasteiger charge is 2.45. The molecule has 2 amide bonds. The van der Waals surface area contributed by atoms with Gasteiger partial charge in [-0.2, -0.15) is 13.2 Å². The summed E-state index contributed by atoms with van der Waals surface area (Å²) in [5, 5.41) is 23.4. The lowest BCUT2D eigenvalue weighted by atomic mass is 9.98. The van der Waals surface area contributed by atoms with Crippen LogP contribution in [0.5, 0.6) is 0 Å². The van der Waals surface area contributed by atoms with Crippen molar-refractivity contribution in [2.45, 2.75) is 45.1 Å². The number of nitrogens with one attached hydrogen (secondary N) is 2. The predicted octanol–water partition coefficient (Wildman–Crippen LogP) is 3.46. The second kappa shape index (κ2) is 12.6. The van der Waals surface area contributed by atoms with E-state index in [0.717, 1.165) is 4.57 Å². The van der Waals surface area contributed by atoms with Gasteiger partial charge in [-0.25, -0.2) is 4.79 Å². The Hall–Kier alpha value is -4.45. The Morgan fingerprint density at radius 3 is 2.10 bits per heavy atom. The van der Waals surface area contributed by atoms with Gasteiger partial charge in [-0.3, -0.25) is 19.0 Å². The molecule has 0 bridgehead atoms. The zero-order valence-corrected chi connectivity index (χ0v) is 21.6. The number of aliphatic hydroxyl groups excluding tert-OH is 1. The van der Waals surface area contributed by atoms with E-state index in [-0.39, 0.29) is 23.4 Å². The molecular weight excluding hydrogens is 531 g/mol. The molecule has 0 saturated carbocycles. The Labute approximate surface area is 227 Å². The van der Waals surface area contributed by atoms with Crippen molar-refractivity contribution < 1.29 is 37.8 Å². The van der Waals surface area contributed by atoms with Gasteiger partial charge in [0.25, 0.3) is 5.56 Å². The van der Waals surface area contributed by atoms with Gasteiger partial charge in [-0.1, -0.05) is 56.3 Å². The summed E-state index contributed by atoms with van der Waals surface area (Å²) >= 11 is 0. The number of aromatic nitrogens is 1. The largest absolute Gasteiger partial charge is 0.478 e. The number of benzene rings is 2. The van der Waals surface area contributed by atoms with E-state index in [0.29, 0.717) is 11.1 Å². The summed E-state index contributed by atoms with van der Waals surface area (Å²) in [6.07, 6.45) is -7.95. The van der Waals surface area contributed by atoms with E-state index in [1.165, 1.54) is 50.2 Å². The first kappa shape index (κ1) is 30.1. The van der Waals surface area contributed by atoms with Crippen molar-refractivity contribution in [3.05, 3.63) is 88.2 Å². The number of alkyl halides is 3. The summed E-state index contributed by atoms with van der Waals surface area (Å²) in [5.41, 5.74) is 0.411. The number of carboxylic acid groups (broad SMARTS) is 1. The molecule has 0 saturated heterocycles. The third kappa shape index (κ3) is 7.56. The van der Waals surface area contributed by atoms with Gasteiger partial charge in [0, 0.05) is 0 Å². The monoisotopic (exact) mass is 559 g/mol. The van der Waals surface area contributed by atoms with Crippen LogP contribution in [0.1, 0.15) is 29.8 Å². The summed E-state index contributed by atoms with van der Waals surface area (Å²) in [6.45, 7) is 2.14. The van der Waals surface area contributed by atoms with Crippen molar-refractivity contribution in [1.29, 1.82) is 0 Å². The van der Waals surface area contributed by atoms with Crippen LogP contribution in [0.25, 0.3) is 11.3 Å². The minimum atomic E-state index is -4.97. The maximum atomic E-state index is 13.4. The van der Waals surface area contributed by atoms with Crippen molar-refractivity contribution in [2.75, 3.05) is 5.32 Å². The average molecular weight is 560 g/mol. The highest BCUT2D eigenvalue weighted by atomic mass is 19.4. The molecule has 0 aliphatic carbocycles. The molecule has 2 aromatic carbocycles. The molecule has 3 rings (SSSR count). The summed E-state index contributed by atoms with van der Waals surface area (Å²) < 4.78 is 40.5. The van der Waals surface area contributed by atoms with Crippen LogP contribution in [0.3, 0.4) is 0 Å². The zero-order chi connectivity index (χ0) is 29.6. The minimum Gasteiger partial charge on any atom is -0.478 e. The lowest BCUT2D eigenvalue weighted by Crippen LogP contribution is -2.53. The molecular formula is C28H28F3N3O6. The van der Waals surface area contributed by atoms with E-state index in [9.17, 15) is 37.5 Å². The minimum absolute atomic E-state index is 0.0456. The van der Waals surface area contributed by atoms with Crippen LogP contribution in [0.15, 0.2) is 71.5 Å². The third-order valence-corrected chi connectivity index (χ3v) is 6.11. The molecule has 212 valence electrons. The van der Waals surface area contributed by atoms with Gasteiger partial charge in [0.1, 0.15) is 12.2 Å². The second-order valence-electron chi connectivity index (χ2n) is 9.44. The van der Waals surface area contributed by atoms with Crippen molar-refractivity contribution in [1.82, 2.24) is 9.88 Å². The standard InChI is InChI=1S/C28H28F3N3O6/c1-16(2)24(25(37)28(29,30)31)33-23(36)15-34-21(18-6-4-3-5-7-18)13-12-20(26(34)38)32-22(35)14-17-8-10-19(11-9-17)27(39)40/h3-13,16,24-25,37H,14-15H2,1-2H3,(H,32,35)(H,33,36)(H,39,40). The van der Waals surface area contributed by atoms with E-state index in [1.807, 2.05) is 0 Å². The molecule has 0 aliphatic rings. The molecule has 0 aliphatic heterocycles. The van der Waals surface area contributed by atoms with Crippen LogP contribution in [0.4, 0.5) is 18.9 Å². The quantitative estimate of drug-likeness (QED) is 0.300. The fourth-order valence-electron chi connectivity index (χ4n) is 4.03. The van der Waals surface area contributed by atoms with Gasteiger partial charge in [0.15, 0.2) is 6.10 Å². The Kier molecular flexibility index (Phi) is 9.48. The number of aliphatic hydroxyl groups is 1. The zero-order valence-electron chi connectivity index (χ0n) is 21.6. The SMILES string of the molecule is CC(C)C(NC(=O)Cn1c(-c2ccccc2)ccc(NC(=O)Cc2ccc(C(=O)O)cc2)c1=O)C(O)C(F)(F)F. The molecule has 0 spiro atoms. The molecule has 40 heavy (non-hydrogen) atoms. The van der Waals surface area contributed by atoms with Crippen LogP contribution in [-0.4, -0.2) is 50.9 Å². The topological polar surface area (TPSA) is 138 Å². The molecule has 2 atom stereocenters. The van der Waals surface area contributed by atoms with Crippen LogP contribution in [0.2, 0.25) is 0 Å². The lowest BCUT2D eigenvalue weighted by molar-refractivity contribution is -0.215. The number of carbonyl (C=O) groups excluding carboxylic acids is 2. The smallest absolute Gasteiger partial charge is 0.416 e. The van der Waals surface area contributed by atoms with Crippen molar-refractivity contribution in [2.24, 2.45) is 5.92 Å². The molecule has 12 heteroatoms. The molecule has 2 unspecified atom stereocenters. The number of amides is 2. The number of carboxylic acids is 1. The number of halogens is 3. The molecule has 1 heterocycles. The van der Waals surface area contributed by atoms with Crippen LogP contribution < -0.4 is 16.2 Å². The fraction of sp³-hybridized carbons (Fsp3) is 0.286. The number of anilines is 1. The van der Waals surface area contributed by atoms with Gasteiger partial charge in [0.05, 0.1) is 23.7 Å². The third-order valence-electron chi connectivity index (χ3n) is 6.11. The molecule has 1 aromatic heterocycles. The highest BCUT2D eigenvalue weighted by Crippen LogP contribution is 2.26. The summed E-state index contributed by atoms with van der Waals surface area (Å²) in [5.74, 6) is -3.42. The molecule has 3 aromatic rings. The maximum absolute atomic E-state index is 13.4. The normalized spacial score (nSPS) is 13.0. The molecule has 4 N–H and O–H groups in total. The first-order valence-corrected chi connectivity index (χ1v) is 12.2. The summed E-state index contributed by atoms with van der Waals surface area (Å²) in [6, 6.07) is 15.3. The van der Waals surface area contributed by atoms with Gasteiger partial charge in [-0.15, -0.1) is 0 Å². The predicted molar refractivity (Wildman–Crippen MR) is 141 cm³/mol. The van der Waals surface area contributed by atoms with Crippen molar-refractivity contribution >= 4 is 23.5 Å². The first-order chi connectivity index (χ1) is 18.8. The highest BCUT2D eigenvalue weighted by molar-refractivity contribution is 5.93. The lowest BCUT2D eigenvalue weighted by Gasteiger charge is -2.29. The number of rotatable bonds is 10. The number of hydrogen-bond donors (Lipinski definition) is 4. The number of hydrogen-bond acceptors (Lipinski definition) is 5. The Balaban J connectivity index is 1.89. The van der Waals surface area contributed by atoms with Crippen LogP contribution in [-0.2, 0) is 22.6 Å². The summed E-state index contributed by atoms with van der Waals surface area (Å²) in [7, 11) is 0. The van der Waals surface area contributed by atoms with Crippen molar-refractivity contribution in [3.8, 4) is 11.3 Å². The Bertz CT molecular complexity index is 1420. The maximum Gasteiger partial charge on any atom is 0.416 e. The van der Waals surface area contributed by atoms with E-state index < -0.39 is 54.1 Å². The van der Waals surface area contributed by atoms with Crippen LogP contribution in [0, 0.1) is 5.92 Å². The first-order valence-electron chi connectivity index (χ1n) is 12.2. The number of carbonyl (C=O) groups is 3. The van der Waals surface area contributed by atoms with E-state index in [1.54, 1.807) is 30.3 Å². The van der Waals surface area contributed by atoms with Crippen LogP contribution >= 0.6 is 0 Å². The van der Waals surface area contributed by atoms with E-state index in [2.05, 4.69) is 10.6 Å². The number of aromatic carboxylic acids is 1. The van der Waals surface area contributed by atoms with Gasteiger partial charge in [0.2, 0.25) is 11.8 Å². The van der Waals surface area contributed by atoms with Gasteiger partial charge >= 0.3 is 12.1 Å². The van der Waals surface area contributed by atoms with Gasteiger partial charge < -0.3 is 20.8 Å². The second-order valence-corrected chi connectivity index (χ2v) is 9.44. The van der Waals surface area contributed by atoms with E-state index in [4.69, 9.17) is 5.11 Å². The molecule has 9 nitrogen and oxygen atoms in total. The molecule has 0 radical (unpaired) electrons. The Morgan fingerprint density at radius 1 is 0.925 bits per heavy atom. The summed E-state index contributed by atoms with van der Waals surface area (Å²) in [4.78, 5) is 49.9. The fourth-order valence-corrected chi connectivity index (χ4v) is 4.03. The number of pyridine rings is 1. The Morgan fingerprint density at radius 2 is 1.55 bits per heavy atom. The van der Waals surface area contributed by atoms with Gasteiger partial charge in [-0.05, 0) is 41.3 Å². The van der Waals surface area contributed by atoms with E-state index >= 15 is 0 Å². The number of nitrogens with zero attached hydrogens (tertiary/aromatic N) is 1. The average Bonchev–Trinajstić information content (AvgIpc) is 2.89. The van der Waals surface area contributed by atoms with Crippen molar-refractivity contribution in [3.63, 3.8) is 0 Å². The molecule has 0 fully saturated rings.